The summed E-state index contributed by atoms with van der Waals surface area (Å²) >= 11 is 0. The van der Waals surface area contributed by atoms with Crippen LogP contribution in [0.1, 0.15) is 42.1 Å². The van der Waals surface area contributed by atoms with Gasteiger partial charge in [0, 0.05) is 11.9 Å². The third-order valence-corrected chi connectivity index (χ3v) is 3.56. The van der Waals surface area contributed by atoms with Crippen LogP contribution in [0.3, 0.4) is 0 Å². The Morgan fingerprint density at radius 2 is 2.05 bits per heavy atom. The number of rotatable bonds is 5. The maximum Gasteiger partial charge on any atom is 0.261 e. The fraction of sp³-hybridized carbons (Fsp3) is 0.294. The number of hydrogen-bond donors (Lipinski definition) is 1. The maximum absolute atomic E-state index is 12.4. The smallest absolute Gasteiger partial charge is 0.261 e. The number of hydrogen-bond acceptors (Lipinski definition) is 3. The highest BCUT2D eigenvalue weighted by Crippen LogP contribution is 2.27. The standard InChI is InChI=1S/C17H20N2O2/c1-4-12(2)13-8-5-6-10-15(13)19-16(20)14-9-7-11-18-17(14)21-3/h5-12H,4H2,1-3H3,(H,19,20). The maximum atomic E-state index is 12.4. The number of pyridine rings is 1. The Hall–Kier alpha value is -2.36. The number of aromatic nitrogens is 1. The average Bonchev–Trinajstić information content (AvgIpc) is 2.54. The Balaban J connectivity index is 2.28. The van der Waals surface area contributed by atoms with Gasteiger partial charge in [0.15, 0.2) is 0 Å². The number of carbonyl (C=O) groups excluding carboxylic acids is 1. The molecule has 0 saturated carbocycles. The largest absolute Gasteiger partial charge is 0.480 e. The molecule has 0 spiro atoms. The molecule has 0 saturated heterocycles. The number of benzene rings is 1. The Bertz CT molecular complexity index is 626. The molecule has 1 N–H and O–H groups in total. The van der Waals surface area contributed by atoms with E-state index < -0.39 is 0 Å². The molecular formula is C17H20N2O2. The molecule has 1 heterocycles. The summed E-state index contributed by atoms with van der Waals surface area (Å²) in [5, 5.41) is 2.96. The quantitative estimate of drug-likeness (QED) is 0.907. The Morgan fingerprint density at radius 3 is 2.76 bits per heavy atom. The van der Waals surface area contributed by atoms with Crippen LogP contribution in [-0.2, 0) is 0 Å². The van der Waals surface area contributed by atoms with Crippen molar-refractivity contribution in [3.8, 4) is 5.88 Å². The molecule has 2 aromatic rings. The van der Waals surface area contributed by atoms with Gasteiger partial charge in [-0.1, -0.05) is 32.0 Å². The lowest BCUT2D eigenvalue weighted by Crippen LogP contribution is -2.15. The van der Waals surface area contributed by atoms with Gasteiger partial charge in [0.1, 0.15) is 5.56 Å². The summed E-state index contributed by atoms with van der Waals surface area (Å²) in [5.41, 5.74) is 2.40. The van der Waals surface area contributed by atoms with Crippen molar-refractivity contribution in [1.29, 1.82) is 0 Å². The van der Waals surface area contributed by atoms with Crippen molar-refractivity contribution in [1.82, 2.24) is 4.98 Å². The van der Waals surface area contributed by atoms with Crippen LogP contribution in [0, 0.1) is 0 Å². The molecule has 2 rings (SSSR count). The first kappa shape index (κ1) is 15.0. The van der Waals surface area contributed by atoms with E-state index in [0.29, 0.717) is 17.4 Å². The molecule has 1 atom stereocenters. The Labute approximate surface area is 125 Å². The van der Waals surface area contributed by atoms with Gasteiger partial charge in [-0.05, 0) is 36.1 Å². The van der Waals surface area contributed by atoms with Crippen LogP contribution >= 0.6 is 0 Å². The normalized spacial score (nSPS) is 11.8. The molecule has 4 heteroatoms. The van der Waals surface area contributed by atoms with E-state index in [4.69, 9.17) is 4.74 Å². The zero-order chi connectivity index (χ0) is 15.2. The van der Waals surface area contributed by atoms with E-state index in [1.54, 1.807) is 18.3 Å². The van der Waals surface area contributed by atoms with Crippen LogP contribution in [0.4, 0.5) is 5.69 Å². The van der Waals surface area contributed by atoms with Crippen molar-refractivity contribution in [3.63, 3.8) is 0 Å². The second-order valence-electron chi connectivity index (χ2n) is 4.91. The number of methoxy groups -OCH3 is 1. The molecular weight excluding hydrogens is 264 g/mol. The zero-order valence-electron chi connectivity index (χ0n) is 12.6. The number of nitrogens with one attached hydrogen (secondary N) is 1. The van der Waals surface area contributed by atoms with Gasteiger partial charge in [0.25, 0.3) is 5.91 Å². The summed E-state index contributed by atoms with van der Waals surface area (Å²) in [6, 6.07) is 11.3. The van der Waals surface area contributed by atoms with Crippen molar-refractivity contribution in [2.45, 2.75) is 26.2 Å². The predicted octanol–water partition coefficient (Wildman–Crippen LogP) is 3.86. The minimum Gasteiger partial charge on any atom is -0.480 e. The summed E-state index contributed by atoms with van der Waals surface area (Å²) in [7, 11) is 1.51. The van der Waals surface area contributed by atoms with Gasteiger partial charge in [-0.2, -0.15) is 0 Å². The summed E-state index contributed by atoms with van der Waals surface area (Å²) in [5.74, 6) is 0.504. The van der Waals surface area contributed by atoms with E-state index in [1.165, 1.54) is 7.11 Å². The lowest BCUT2D eigenvalue weighted by atomic mass is 9.97. The van der Waals surface area contributed by atoms with Crippen molar-refractivity contribution in [2.75, 3.05) is 12.4 Å². The number of carbonyl (C=O) groups is 1. The van der Waals surface area contributed by atoms with Gasteiger partial charge in [0.2, 0.25) is 5.88 Å². The molecule has 1 amide bonds. The first-order valence-electron chi connectivity index (χ1n) is 7.06. The highest BCUT2D eigenvalue weighted by atomic mass is 16.5. The number of amides is 1. The summed E-state index contributed by atoms with van der Waals surface area (Å²) < 4.78 is 5.13. The van der Waals surface area contributed by atoms with Gasteiger partial charge < -0.3 is 10.1 Å². The van der Waals surface area contributed by atoms with Crippen molar-refractivity contribution < 1.29 is 9.53 Å². The second kappa shape index (κ2) is 6.88. The summed E-state index contributed by atoms with van der Waals surface area (Å²) in [6.07, 6.45) is 2.62. The molecule has 110 valence electrons. The van der Waals surface area contributed by atoms with Crippen molar-refractivity contribution >= 4 is 11.6 Å². The molecule has 0 aliphatic rings. The van der Waals surface area contributed by atoms with Gasteiger partial charge in [-0.25, -0.2) is 4.98 Å². The first-order chi connectivity index (χ1) is 10.2. The van der Waals surface area contributed by atoms with Gasteiger partial charge in [-0.3, -0.25) is 4.79 Å². The molecule has 1 aromatic heterocycles. The topological polar surface area (TPSA) is 51.2 Å². The monoisotopic (exact) mass is 284 g/mol. The number of nitrogens with zero attached hydrogens (tertiary/aromatic N) is 1. The van der Waals surface area contributed by atoms with E-state index in [1.807, 2.05) is 24.3 Å². The molecule has 0 fully saturated rings. The number of para-hydroxylation sites is 1. The fourth-order valence-electron chi connectivity index (χ4n) is 2.18. The van der Waals surface area contributed by atoms with Gasteiger partial charge in [-0.15, -0.1) is 0 Å². The van der Waals surface area contributed by atoms with E-state index in [9.17, 15) is 4.79 Å². The molecule has 0 bridgehead atoms. The van der Waals surface area contributed by atoms with Crippen LogP contribution in [0.5, 0.6) is 5.88 Å². The number of ether oxygens (including phenoxy) is 1. The summed E-state index contributed by atoms with van der Waals surface area (Å²) in [4.78, 5) is 16.5. The van der Waals surface area contributed by atoms with Crippen molar-refractivity contribution in [2.24, 2.45) is 0 Å². The fourth-order valence-corrected chi connectivity index (χ4v) is 2.18. The van der Waals surface area contributed by atoms with Gasteiger partial charge >= 0.3 is 0 Å². The highest BCUT2D eigenvalue weighted by Gasteiger charge is 2.15. The second-order valence-corrected chi connectivity index (χ2v) is 4.91. The molecule has 0 radical (unpaired) electrons. The van der Waals surface area contributed by atoms with E-state index in [0.717, 1.165) is 17.7 Å². The van der Waals surface area contributed by atoms with E-state index >= 15 is 0 Å². The predicted molar refractivity (Wildman–Crippen MR) is 83.9 cm³/mol. The Morgan fingerprint density at radius 1 is 1.29 bits per heavy atom. The molecule has 4 nitrogen and oxygen atoms in total. The molecule has 1 unspecified atom stereocenters. The molecule has 1 aromatic carbocycles. The lowest BCUT2D eigenvalue weighted by molar-refractivity contribution is 0.102. The molecule has 0 aliphatic heterocycles. The minimum atomic E-state index is -0.212. The van der Waals surface area contributed by atoms with Crippen molar-refractivity contribution in [3.05, 3.63) is 53.7 Å². The summed E-state index contributed by atoms with van der Waals surface area (Å²) in [6.45, 7) is 4.28. The highest BCUT2D eigenvalue weighted by molar-refractivity contribution is 6.06. The average molecular weight is 284 g/mol. The molecule has 21 heavy (non-hydrogen) atoms. The molecule has 0 aliphatic carbocycles. The van der Waals surface area contributed by atoms with Crippen LogP contribution in [0.2, 0.25) is 0 Å². The third kappa shape index (κ3) is 3.40. The lowest BCUT2D eigenvalue weighted by Gasteiger charge is -2.16. The third-order valence-electron chi connectivity index (χ3n) is 3.56. The van der Waals surface area contributed by atoms with Crippen LogP contribution < -0.4 is 10.1 Å². The first-order valence-corrected chi connectivity index (χ1v) is 7.06. The van der Waals surface area contributed by atoms with E-state index in [2.05, 4.69) is 24.1 Å². The number of anilines is 1. The van der Waals surface area contributed by atoms with Crippen LogP contribution in [0.25, 0.3) is 0 Å². The van der Waals surface area contributed by atoms with Gasteiger partial charge in [0.05, 0.1) is 7.11 Å². The minimum absolute atomic E-state index is 0.212. The Kier molecular flexibility index (Phi) is 4.93. The zero-order valence-corrected chi connectivity index (χ0v) is 12.6. The van der Waals surface area contributed by atoms with E-state index in [-0.39, 0.29) is 5.91 Å². The SMILES string of the molecule is CCC(C)c1ccccc1NC(=O)c1cccnc1OC. The van der Waals surface area contributed by atoms with Crippen LogP contribution in [0.15, 0.2) is 42.6 Å². The van der Waals surface area contributed by atoms with Crippen LogP contribution in [-0.4, -0.2) is 18.0 Å².